The molecule has 1 aromatic carbocycles. The molecule has 10 heteroatoms. The zero-order valence-corrected chi connectivity index (χ0v) is 22.8. The summed E-state index contributed by atoms with van der Waals surface area (Å²) < 4.78 is 28.8. The summed E-state index contributed by atoms with van der Waals surface area (Å²) in [6, 6.07) is 5.11. The van der Waals surface area contributed by atoms with Crippen molar-refractivity contribution in [2.45, 2.75) is 64.6 Å². The van der Waals surface area contributed by atoms with E-state index < -0.39 is 21.5 Å². The Bertz CT molecular complexity index is 865. The summed E-state index contributed by atoms with van der Waals surface area (Å²) in [6.07, 6.45) is 0.752. The van der Waals surface area contributed by atoms with Gasteiger partial charge in [0.15, 0.2) is 15.8 Å². The zero-order valence-electron chi connectivity index (χ0n) is 19.7. The number of hydrogen-bond donors (Lipinski definition) is 3. The highest BCUT2D eigenvalue weighted by Gasteiger charge is 2.21. The molecule has 0 aliphatic rings. The number of carbonyl (C=O) groups excluding carboxylic acids is 1. The highest BCUT2D eigenvalue weighted by molar-refractivity contribution is 14.0. The van der Waals surface area contributed by atoms with E-state index in [1.807, 2.05) is 40.7 Å². The molecular weight excluding hydrogens is 531 g/mol. The topological polar surface area (TPSA) is 109 Å². The minimum Gasteiger partial charge on any atom is -0.444 e. The van der Waals surface area contributed by atoms with Crippen LogP contribution in [0.3, 0.4) is 0 Å². The van der Waals surface area contributed by atoms with Crippen LogP contribution >= 0.6 is 24.0 Å². The third-order valence-corrected chi connectivity index (χ3v) is 5.58. The molecule has 0 saturated heterocycles. The van der Waals surface area contributed by atoms with Gasteiger partial charge in [0, 0.05) is 26.4 Å². The molecule has 0 bridgehead atoms. The number of amides is 1. The van der Waals surface area contributed by atoms with E-state index in [4.69, 9.17) is 4.74 Å². The number of nitrogens with zero attached hydrogens (tertiary/aromatic N) is 1. The predicted molar refractivity (Wildman–Crippen MR) is 136 cm³/mol. The second kappa shape index (κ2) is 12.5. The van der Waals surface area contributed by atoms with Crippen LogP contribution in [0.4, 0.5) is 4.79 Å². The second-order valence-electron chi connectivity index (χ2n) is 8.68. The molecule has 8 nitrogen and oxygen atoms in total. The molecule has 1 unspecified atom stereocenters. The van der Waals surface area contributed by atoms with Crippen LogP contribution in [0.2, 0.25) is 0 Å². The first-order valence-corrected chi connectivity index (χ1v) is 11.9. The molecule has 1 amide bonds. The fourth-order valence-electron chi connectivity index (χ4n) is 2.76. The van der Waals surface area contributed by atoms with Gasteiger partial charge in [0.1, 0.15) is 5.60 Å². The third kappa shape index (κ3) is 11.0. The molecule has 0 fully saturated rings. The Hall–Kier alpha value is -1.56. The molecule has 31 heavy (non-hydrogen) atoms. The monoisotopic (exact) mass is 568 g/mol. The van der Waals surface area contributed by atoms with Gasteiger partial charge in [-0.15, -0.1) is 24.0 Å². The average Bonchev–Trinajstić information content (AvgIpc) is 2.57. The second-order valence-corrected chi connectivity index (χ2v) is 10.7. The molecule has 1 aromatic rings. The Balaban J connectivity index is 0.00000900. The van der Waals surface area contributed by atoms with Crippen LogP contribution < -0.4 is 16.0 Å². The summed E-state index contributed by atoms with van der Waals surface area (Å²) in [4.78, 5) is 16.6. The first kappa shape index (κ1) is 29.4. The van der Waals surface area contributed by atoms with Crippen molar-refractivity contribution in [2.24, 2.45) is 10.9 Å². The minimum absolute atomic E-state index is 0. The van der Waals surface area contributed by atoms with Crippen molar-refractivity contribution in [2.75, 3.05) is 19.8 Å². The number of halogens is 1. The number of guanidine groups is 1. The van der Waals surface area contributed by atoms with Gasteiger partial charge in [-0.3, -0.25) is 4.99 Å². The van der Waals surface area contributed by atoms with Crippen molar-refractivity contribution < 1.29 is 17.9 Å². The largest absolute Gasteiger partial charge is 0.444 e. The quantitative estimate of drug-likeness (QED) is 0.265. The van der Waals surface area contributed by atoms with E-state index in [9.17, 15) is 13.2 Å². The molecule has 0 aliphatic carbocycles. The number of carbonyl (C=O) groups is 1. The number of aliphatic imine (C=N–C) groups is 1. The fraction of sp³-hybridized carbons (Fsp3) is 0.619. The van der Waals surface area contributed by atoms with Crippen LogP contribution in [0.25, 0.3) is 0 Å². The lowest BCUT2D eigenvalue weighted by Crippen LogP contribution is -2.50. The number of sulfone groups is 1. The Morgan fingerprint density at radius 1 is 1.19 bits per heavy atom. The van der Waals surface area contributed by atoms with E-state index >= 15 is 0 Å². The minimum atomic E-state index is -3.24. The molecule has 0 saturated carbocycles. The SMILES string of the molecule is CN=C(NCc1ccc(S(C)(=O)=O)c(C)c1)NCC(NC(=O)OC(C)(C)C)C(C)C.I. The zero-order chi connectivity index (χ0) is 23.1. The van der Waals surface area contributed by atoms with E-state index in [-0.39, 0.29) is 35.9 Å². The number of benzene rings is 1. The van der Waals surface area contributed by atoms with Gasteiger partial charge in [-0.05, 0) is 50.8 Å². The Morgan fingerprint density at radius 3 is 2.26 bits per heavy atom. The van der Waals surface area contributed by atoms with Crippen LogP contribution in [0.5, 0.6) is 0 Å². The molecule has 1 rings (SSSR count). The maximum Gasteiger partial charge on any atom is 0.407 e. The summed E-state index contributed by atoms with van der Waals surface area (Å²) in [7, 11) is -1.57. The molecule has 0 radical (unpaired) electrons. The Kier molecular flexibility index (Phi) is 11.8. The lowest BCUT2D eigenvalue weighted by atomic mass is 10.0. The van der Waals surface area contributed by atoms with Crippen molar-refractivity contribution >= 4 is 45.9 Å². The number of ether oxygens (including phenoxy) is 1. The molecule has 1 atom stereocenters. The van der Waals surface area contributed by atoms with Crippen molar-refractivity contribution in [3.63, 3.8) is 0 Å². The van der Waals surface area contributed by atoms with Crippen LogP contribution in [0.1, 0.15) is 45.7 Å². The fourth-order valence-corrected chi connectivity index (χ4v) is 3.72. The van der Waals surface area contributed by atoms with Crippen molar-refractivity contribution in [3.8, 4) is 0 Å². The summed E-state index contributed by atoms with van der Waals surface area (Å²) in [5.74, 6) is 0.769. The average molecular weight is 569 g/mol. The van der Waals surface area contributed by atoms with Gasteiger partial charge in [-0.25, -0.2) is 13.2 Å². The Labute approximate surface area is 203 Å². The molecule has 3 N–H and O–H groups in total. The van der Waals surface area contributed by atoms with E-state index in [2.05, 4.69) is 20.9 Å². The summed E-state index contributed by atoms with van der Waals surface area (Å²) in [5.41, 5.74) is 1.10. The number of rotatable bonds is 7. The predicted octanol–water partition coefficient (Wildman–Crippen LogP) is 3.23. The van der Waals surface area contributed by atoms with Crippen LogP contribution in [-0.2, 0) is 21.1 Å². The third-order valence-electron chi connectivity index (χ3n) is 4.32. The first-order chi connectivity index (χ1) is 13.7. The maximum absolute atomic E-state index is 12.1. The molecular formula is C21H37IN4O4S. The van der Waals surface area contributed by atoms with E-state index in [1.54, 1.807) is 26.1 Å². The van der Waals surface area contributed by atoms with E-state index in [0.29, 0.717) is 29.5 Å². The van der Waals surface area contributed by atoms with Crippen LogP contribution in [0.15, 0.2) is 28.1 Å². The number of hydrogen-bond acceptors (Lipinski definition) is 5. The summed E-state index contributed by atoms with van der Waals surface area (Å²) in [5, 5.41) is 9.31. The highest BCUT2D eigenvalue weighted by atomic mass is 127. The Morgan fingerprint density at radius 2 is 1.81 bits per heavy atom. The molecule has 0 spiro atoms. The van der Waals surface area contributed by atoms with Gasteiger partial charge < -0.3 is 20.7 Å². The van der Waals surface area contributed by atoms with Gasteiger partial charge in [0.2, 0.25) is 0 Å². The molecule has 0 aromatic heterocycles. The lowest BCUT2D eigenvalue weighted by Gasteiger charge is -2.26. The van der Waals surface area contributed by atoms with Crippen LogP contribution in [0, 0.1) is 12.8 Å². The van der Waals surface area contributed by atoms with Gasteiger partial charge in [-0.1, -0.05) is 26.0 Å². The van der Waals surface area contributed by atoms with Gasteiger partial charge in [0.05, 0.1) is 10.9 Å². The summed E-state index contributed by atoms with van der Waals surface area (Å²) >= 11 is 0. The standard InChI is InChI=1S/C21H36N4O4S.HI/c1-14(2)17(25-20(26)29-21(4,5)6)13-24-19(22-7)23-12-16-9-10-18(15(3)11-16)30(8,27)28;/h9-11,14,17H,12-13H2,1-8H3,(H,25,26)(H2,22,23,24);1H. The van der Waals surface area contributed by atoms with Crippen molar-refractivity contribution in [3.05, 3.63) is 29.3 Å². The normalized spacial score (nSPS) is 13.3. The number of alkyl carbamates (subject to hydrolysis) is 1. The van der Waals surface area contributed by atoms with Gasteiger partial charge in [0.25, 0.3) is 0 Å². The molecule has 0 aliphatic heterocycles. The first-order valence-electron chi connectivity index (χ1n) is 9.96. The van der Waals surface area contributed by atoms with Gasteiger partial charge >= 0.3 is 6.09 Å². The van der Waals surface area contributed by atoms with E-state index in [0.717, 1.165) is 5.56 Å². The molecule has 0 heterocycles. The lowest BCUT2D eigenvalue weighted by molar-refractivity contribution is 0.0491. The number of aryl methyl sites for hydroxylation is 1. The van der Waals surface area contributed by atoms with Gasteiger partial charge in [-0.2, -0.15) is 0 Å². The van der Waals surface area contributed by atoms with Crippen molar-refractivity contribution in [1.82, 2.24) is 16.0 Å². The van der Waals surface area contributed by atoms with Crippen molar-refractivity contribution in [1.29, 1.82) is 0 Å². The van der Waals surface area contributed by atoms with E-state index in [1.165, 1.54) is 6.26 Å². The summed E-state index contributed by atoms with van der Waals surface area (Å²) in [6.45, 7) is 12.3. The number of nitrogens with one attached hydrogen (secondary N) is 3. The maximum atomic E-state index is 12.1. The smallest absolute Gasteiger partial charge is 0.407 e. The van der Waals surface area contributed by atoms with Crippen LogP contribution in [-0.4, -0.2) is 52.0 Å². The highest BCUT2D eigenvalue weighted by Crippen LogP contribution is 2.16. The molecule has 178 valence electrons.